The van der Waals surface area contributed by atoms with E-state index in [0.29, 0.717) is 6.10 Å². The molecule has 3 aliphatic rings. The van der Waals surface area contributed by atoms with Crippen molar-refractivity contribution in [1.29, 1.82) is 0 Å². The molecule has 0 spiro atoms. The summed E-state index contributed by atoms with van der Waals surface area (Å²) in [5, 5.41) is 9.12. The third kappa shape index (κ3) is 4.16. The summed E-state index contributed by atoms with van der Waals surface area (Å²) in [6, 6.07) is 0. The molecular weight excluding hydrogens is 391 g/mol. The zero-order valence-corrected chi connectivity index (χ0v) is 15.5. The van der Waals surface area contributed by atoms with Crippen LogP contribution in [-0.2, 0) is 9.53 Å². The predicted octanol–water partition coefficient (Wildman–Crippen LogP) is 4.67. The quantitative estimate of drug-likeness (QED) is 0.534. The summed E-state index contributed by atoms with van der Waals surface area (Å²) in [7, 11) is 0. The lowest BCUT2D eigenvalue weighted by Crippen LogP contribution is -2.35. The molecule has 4 heteroatoms. The fourth-order valence-corrected chi connectivity index (χ4v) is 5.50. The van der Waals surface area contributed by atoms with Crippen LogP contribution in [0.4, 0.5) is 0 Å². The average Bonchev–Trinajstić information content (AvgIpc) is 2.56. The number of carbonyl (C=O) groups is 1. The van der Waals surface area contributed by atoms with Gasteiger partial charge in [0, 0.05) is 3.92 Å². The first-order valence-corrected chi connectivity index (χ1v) is 10.4. The van der Waals surface area contributed by atoms with Gasteiger partial charge in [-0.05, 0) is 82.0 Å². The van der Waals surface area contributed by atoms with Gasteiger partial charge in [0.25, 0.3) is 0 Å². The van der Waals surface area contributed by atoms with E-state index in [0.717, 1.165) is 54.0 Å². The highest BCUT2D eigenvalue weighted by atomic mass is 127. The van der Waals surface area contributed by atoms with Gasteiger partial charge in [0.1, 0.15) is 0 Å². The molecule has 0 aromatic carbocycles. The Balaban J connectivity index is 1.41. The molecule has 0 aromatic heterocycles. The van der Waals surface area contributed by atoms with Crippen LogP contribution in [0, 0.1) is 23.7 Å². The second kappa shape index (κ2) is 7.82. The molecule has 0 radical (unpaired) electrons. The van der Waals surface area contributed by atoms with Crippen molar-refractivity contribution in [2.75, 3.05) is 6.61 Å². The van der Waals surface area contributed by atoms with E-state index in [1.54, 1.807) is 0 Å². The van der Waals surface area contributed by atoms with Crippen LogP contribution in [0.25, 0.3) is 0 Å². The summed E-state index contributed by atoms with van der Waals surface area (Å²) in [5.41, 5.74) is 0. The smallest absolute Gasteiger partial charge is 0.306 e. The van der Waals surface area contributed by atoms with Crippen molar-refractivity contribution in [2.24, 2.45) is 23.7 Å². The van der Waals surface area contributed by atoms with Gasteiger partial charge in [0.05, 0.1) is 18.6 Å². The van der Waals surface area contributed by atoms with Crippen molar-refractivity contribution < 1.29 is 14.6 Å². The largest absolute Gasteiger partial charge is 0.481 e. The Kier molecular flexibility index (Phi) is 6.04. The van der Waals surface area contributed by atoms with Crippen molar-refractivity contribution >= 4 is 28.6 Å². The van der Waals surface area contributed by atoms with E-state index in [4.69, 9.17) is 9.84 Å². The first kappa shape index (κ1) is 17.0. The van der Waals surface area contributed by atoms with Crippen LogP contribution >= 0.6 is 22.6 Å². The SMILES string of the molecule is O=C(O)C1CCC(C2CCC(C3CCC(I)CO3)CC2)CC1. The van der Waals surface area contributed by atoms with Crippen molar-refractivity contribution in [2.45, 2.75) is 74.2 Å². The van der Waals surface area contributed by atoms with Crippen LogP contribution in [-0.4, -0.2) is 27.7 Å². The van der Waals surface area contributed by atoms with Gasteiger partial charge in [0.15, 0.2) is 0 Å². The molecule has 126 valence electrons. The third-order valence-corrected chi connectivity index (χ3v) is 7.37. The molecule has 3 rings (SSSR count). The molecule has 2 atom stereocenters. The number of alkyl halides is 1. The van der Waals surface area contributed by atoms with Gasteiger partial charge in [-0.15, -0.1) is 0 Å². The number of rotatable bonds is 3. The molecule has 2 saturated carbocycles. The van der Waals surface area contributed by atoms with Gasteiger partial charge in [-0.2, -0.15) is 0 Å². The predicted molar refractivity (Wildman–Crippen MR) is 95.3 cm³/mol. The normalized spacial score (nSPS) is 43.7. The lowest BCUT2D eigenvalue weighted by molar-refractivity contribution is -0.143. The first-order chi connectivity index (χ1) is 10.6. The number of halogens is 1. The summed E-state index contributed by atoms with van der Waals surface area (Å²) >= 11 is 2.51. The molecule has 1 N–H and O–H groups in total. The van der Waals surface area contributed by atoms with E-state index in [1.807, 2.05) is 0 Å². The van der Waals surface area contributed by atoms with Crippen LogP contribution in [0.2, 0.25) is 0 Å². The molecule has 0 aromatic rings. The third-order valence-electron chi connectivity index (χ3n) is 6.39. The lowest BCUT2D eigenvalue weighted by Gasteiger charge is -2.40. The number of hydrogen-bond acceptors (Lipinski definition) is 2. The Morgan fingerprint density at radius 3 is 1.86 bits per heavy atom. The molecule has 3 nitrogen and oxygen atoms in total. The average molecular weight is 420 g/mol. The second-order valence-corrected chi connectivity index (χ2v) is 9.43. The molecule has 1 aliphatic heterocycles. The van der Waals surface area contributed by atoms with Gasteiger partial charge in [-0.3, -0.25) is 4.79 Å². The molecule has 1 heterocycles. The van der Waals surface area contributed by atoms with Gasteiger partial charge in [0.2, 0.25) is 0 Å². The van der Waals surface area contributed by atoms with E-state index < -0.39 is 5.97 Å². The number of ether oxygens (including phenoxy) is 1. The molecule has 2 aliphatic carbocycles. The summed E-state index contributed by atoms with van der Waals surface area (Å²) in [4.78, 5) is 11.1. The molecular formula is C18H29IO3. The van der Waals surface area contributed by atoms with Gasteiger partial charge < -0.3 is 9.84 Å². The van der Waals surface area contributed by atoms with Crippen molar-refractivity contribution in [1.82, 2.24) is 0 Å². The minimum absolute atomic E-state index is 0.0653. The highest BCUT2D eigenvalue weighted by Crippen LogP contribution is 2.43. The minimum atomic E-state index is -0.579. The maximum atomic E-state index is 11.1. The van der Waals surface area contributed by atoms with E-state index in [2.05, 4.69) is 22.6 Å². The van der Waals surface area contributed by atoms with Gasteiger partial charge in [-0.1, -0.05) is 22.6 Å². The summed E-state index contributed by atoms with van der Waals surface area (Å²) < 4.78 is 6.80. The van der Waals surface area contributed by atoms with Crippen LogP contribution in [0.5, 0.6) is 0 Å². The zero-order valence-electron chi connectivity index (χ0n) is 13.4. The Morgan fingerprint density at radius 2 is 1.36 bits per heavy atom. The van der Waals surface area contributed by atoms with Gasteiger partial charge in [-0.25, -0.2) is 0 Å². The van der Waals surface area contributed by atoms with E-state index in [9.17, 15) is 4.79 Å². The van der Waals surface area contributed by atoms with Crippen LogP contribution in [0.3, 0.4) is 0 Å². The highest BCUT2D eigenvalue weighted by Gasteiger charge is 2.35. The van der Waals surface area contributed by atoms with Crippen LogP contribution in [0.1, 0.15) is 64.2 Å². The topological polar surface area (TPSA) is 46.5 Å². The van der Waals surface area contributed by atoms with Gasteiger partial charge >= 0.3 is 5.97 Å². The molecule has 1 saturated heterocycles. The lowest BCUT2D eigenvalue weighted by atomic mass is 9.68. The molecule has 3 fully saturated rings. The monoisotopic (exact) mass is 420 g/mol. The van der Waals surface area contributed by atoms with E-state index in [-0.39, 0.29) is 5.92 Å². The summed E-state index contributed by atoms with van der Waals surface area (Å²) in [6.07, 6.45) is 12.6. The molecule has 22 heavy (non-hydrogen) atoms. The number of carboxylic acid groups (broad SMARTS) is 1. The molecule has 0 amide bonds. The first-order valence-electron chi connectivity index (χ1n) is 9.12. The molecule has 2 unspecified atom stereocenters. The highest BCUT2D eigenvalue weighted by molar-refractivity contribution is 14.1. The standard InChI is InChI=1S/C18H29IO3/c19-16-9-10-17(22-11-16)14-5-1-12(2-6-14)13-3-7-15(8-4-13)18(20)21/h12-17H,1-11H2,(H,20,21). The summed E-state index contributed by atoms with van der Waals surface area (Å²) in [5.74, 6) is 1.79. The maximum Gasteiger partial charge on any atom is 0.306 e. The fourth-order valence-electron chi connectivity index (χ4n) is 4.94. The minimum Gasteiger partial charge on any atom is -0.481 e. The number of aliphatic carboxylic acids is 1. The van der Waals surface area contributed by atoms with Crippen LogP contribution < -0.4 is 0 Å². The zero-order chi connectivity index (χ0) is 15.5. The van der Waals surface area contributed by atoms with Crippen molar-refractivity contribution in [3.8, 4) is 0 Å². The van der Waals surface area contributed by atoms with E-state index in [1.165, 1.54) is 38.5 Å². The Labute approximate surface area is 147 Å². The Bertz CT molecular complexity index is 363. The maximum absolute atomic E-state index is 11.1. The fraction of sp³-hybridized carbons (Fsp3) is 0.944. The van der Waals surface area contributed by atoms with Crippen LogP contribution in [0.15, 0.2) is 0 Å². The second-order valence-electron chi connectivity index (χ2n) is 7.67. The Hall–Kier alpha value is 0.160. The van der Waals surface area contributed by atoms with Crippen molar-refractivity contribution in [3.05, 3.63) is 0 Å². The number of hydrogen-bond donors (Lipinski definition) is 1. The molecule has 0 bridgehead atoms. The van der Waals surface area contributed by atoms with Crippen molar-refractivity contribution in [3.63, 3.8) is 0 Å². The number of carboxylic acids is 1. The van der Waals surface area contributed by atoms with E-state index >= 15 is 0 Å². The summed E-state index contributed by atoms with van der Waals surface area (Å²) in [6.45, 7) is 0.949. The Morgan fingerprint density at radius 1 is 0.818 bits per heavy atom.